The summed E-state index contributed by atoms with van der Waals surface area (Å²) in [6, 6.07) is 9.19. The van der Waals surface area contributed by atoms with Crippen molar-refractivity contribution in [3.05, 3.63) is 58.4 Å². The Labute approximate surface area is 130 Å². The van der Waals surface area contributed by atoms with Gasteiger partial charge in [-0.2, -0.15) is 0 Å². The van der Waals surface area contributed by atoms with Crippen LogP contribution in [0.5, 0.6) is 0 Å². The van der Waals surface area contributed by atoms with E-state index in [1.165, 1.54) is 11.6 Å². The van der Waals surface area contributed by atoms with Crippen molar-refractivity contribution < 1.29 is 4.39 Å². The number of anilines is 2. The van der Waals surface area contributed by atoms with Crippen molar-refractivity contribution in [1.29, 1.82) is 0 Å². The minimum absolute atomic E-state index is 0.309. The highest BCUT2D eigenvalue weighted by Gasteiger charge is 2.08. The van der Waals surface area contributed by atoms with Gasteiger partial charge in [-0.1, -0.05) is 23.8 Å². The van der Waals surface area contributed by atoms with Gasteiger partial charge in [0.2, 0.25) is 0 Å². The van der Waals surface area contributed by atoms with Crippen molar-refractivity contribution in [3.63, 3.8) is 0 Å². The van der Waals surface area contributed by atoms with E-state index in [4.69, 9.17) is 12.2 Å². The molecule has 21 heavy (non-hydrogen) atoms. The molecule has 0 saturated heterocycles. The van der Waals surface area contributed by atoms with E-state index in [-0.39, 0.29) is 5.82 Å². The van der Waals surface area contributed by atoms with Crippen LogP contribution in [0.2, 0.25) is 0 Å². The summed E-state index contributed by atoms with van der Waals surface area (Å²) in [5.74, 6) is -0.309. The van der Waals surface area contributed by atoms with E-state index in [0.717, 1.165) is 22.4 Å². The average molecular weight is 302 g/mol. The van der Waals surface area contributed by atoms with E-state index < -0.39 is 0 Å². The summed E-state index contributed by atoms with van der Waals surface area (Å²) >= 11 is 5.27. The van der Waals surface area contributed by atoms with Gasteiger partial charge in [-0.05, 0) is 68.7 Å². The van der Waals surface area contributed by atoms with Crippen LogP contribution in [0.3, 0.4) is 0 Å². The number of hydrogen-bond acceptors (Lipinski definition) is 1. The third kappa shape index (κ3) is 3.79. The van der Waals surface area contributed by atoms with Crippen molar-refractivity contribution in [2.75, 3.05) is 10.6 Å². The highest BCUT2D eigenvalue weighted by Crippen LogP contribution is 2.22. The summed E-state index contributed by atoms with van der Waals surface area (Å²) in [5, 5.41) is 6.43. The van der Waals surface area contributed by atoms with Crippen LogP contribution in [0, 0.1) is 33.5 Å². The Morgan fingerprint density at radius 1 is 0.905 bits per heavy atom. The Morgan fingerprint density at radius 3 is 2.10 bits per heavy atom. The highest BCUT2D eigenvalue weighted by atomic mass is 32.1. The maximum atomic E-state index is 13.8. The Kier molecular flexibility index (Phi) is 4.58. The van der Waals surface area contributed by atoms with E-state index in [9.17, 15) is 4.39 Å². The van der Waals surface area contributed by atoms with Crippen molar-refractivity contribution in [1.82, 2.24) is 0 Å². The van der Waals surface area contributed by atoms with Gasteiger partial charge >= 0.3 is 0 Å². The van der Waals surface area contributed by atoms with Gasteiger partial charge < -0.3 is 10.6 Å². The standard InChI is InChI=1S/C17H19FN2S/c1-10-5-6-15(14(18)9-10)19-17(21)20-16-12(3)7-11(2)8-13(16)4/h5-9H,1-4H3,(H2,19,20,21). The number of halogens is 1. The third-order valence-electron chi connectivity index (χ3n) is 3.29. The largest absolute Gasteiger partial charge is 0.332 e. The van der Waals surface area contributed by atoms with Crippen molar-refractivity contribution in [2.24, 2.45) is 0 Å². The summed E-state index contributed by atoms with van der Waals surface area (Å²) < 4.78 is 13.8. The highest BCUT2D eigenvalue weighted by molar-refractivity contribution is 7.80. The Balaban J connectivity index is 2.16. The SMILES string of the molecule is Cc1cc(C)c(NC(=S)Nc2ccc(C)cc2F)c(C)c1. The number of thiocarbonyl (C=S) groups is 1. The normalized spacial score (nSPS) is 10.3. The van der Waals surface area contributed by atoms with Gasteiger partial charge in [0.25, 0.3) is 0 Å². The minimum atomic E-state index is -0.309. The first-order chi connectivity index (χ1) is 9.86. The Bertz CT molecular complexity index is 672. The van der Waals surface area contributed by atoms with Gasteiger partial charge in [0.15, 0.2) is 5.11 Å². The molecule has 0 spiro atoms. The van der Waals surface area contributed by atoms with Gasteiger partial charge in [0.05, 0.1) is 5.69 Å². The predicted octanol–water partition coefficient (Wildman–Crippen LogP) is 4.87. The smallest absolute Gasteiger partial charge is 0.175 e. The molecule has 2 aromatic rings. The lowest BCUT2D eigenvalue weighted by Gasteiger charge is -2.16. The Morgan fingerprint density at radius 2 is 1.52 bits per heavy atom. The molecule has 110 valence electrons. The molecular formula is C17H19FN2S. The minimum Gasteiger partial charge on any atom is -0.332 e. The van der Waals surface area contributed by atoms with Crippen LogP contribution in [-0.2, 0) is 0 Å². The first-order valence-electron chi connectivity index (χ1n) is 6.79. The number of nitrogens with one attached hydrogen (secondary N) is 2. The molecule has 0 amide bonds. The molecular weight excluding hydrogens is 283 g/mol. The third-order valence-corrected chi connectivity index (χ3v) is 3.49. The molecule has 0 aromatic heterocycles. The maximum Gasteiger partial charge on any atom is 0.175 e. The first kappa shape index (κ1) is 15.4. The maximum absolute atomic E-state index is 13.8. The molecule has 0 heterocycles. The van der Waals surface area contributed by atoms with E-state index >= 15 is 0 Å². The number of aryl methyl sites for hydroxylation is 4. The lowest BCUT2D eigenvalue weighted by molar-refractivity contribution is 0.631. The second kappa shape index (κ2) is 6.22. The number of rotatable bonds is 2. The second-order valence-electron chi connectivity index (χ2n) is 5.34. The van der Waals surface area contributed by atoms with Gasteiger partial charge in [-0.25, -0.2) is 4.39 Å². The molecule has 2 rings (SSSR count). The lowest BCUT2D eigenvalue weighted by atomic mass is 10.1. The van der Waals surface area contributed by atoms with Gasteiger partial charge in [-0.15, -0.1) is 0 Å². The first-order valence-corrected chi connectivity index (χ1v) is 7.19. The van der Waals surface area contributed by atoms with Crippen LogP contribution in [0.4, 0.5) is 15.8 Å². The summed E-state index contributed by atoms with van der Waals surface area (Å²) in [6.45, 7) is 7.96. The predicted molar refractivity (Wildman–Crippen MR) is 91.6 cm³/mol. The van der Waals surface area contributed by atoms with Crippen LogP contribution in [0.1, 0.15) is 22.3 Å². The summed E-state index contributed by atoms with van der Waals surface area (Å²) in [7, 11) is 0. The second-order valence-corrected chi connectivity index (χ2v) is 5.74. The molecule has 0 bridgehead atoms. The fourth-order valence-corrected chi connectivity index (χ4v) is 2.58. The van der Waals surface area contributed by atoms with Crippen LogP contribution in [0.25, 0.3) is 0 Å². The molecule has 0 saturated carbocycles. The Hall–Kier alpha value is -1.94. The quantitative estimate of drug-likeness (QED) is 0.774. The van der Waals surface area contributed by atoms with Crippen molar-refractivity contribution in [3.8, 4) is 0 Å². The van der Waals surface area contributed by atoms with Crippen molar-refractivity contribution in [2.45, 2.75) is 27.7 Å². The van der Waals surface area contributed by atoms with Crippen LogP contribution >= 0.6 is 12.2 Å². The zero-order valence-electron chi connectivity index (χ0n) is 12.7. The fourth-order valence-electron chi connectivity index (χ4n) is 2.37. The molecule has 0 fully saturated rings. The topological polar surface area (TPSA) is 24.1 Å². The summed E-state index contributed by atoms with van der Waals surface area (Å²) in [5.41, 5.74) is 5.65. The molecule has 2 aromatic carbocycles. The summed E-state index contributed by atoms with van der Waals surface area (Å²) in [4.78, 5) is 0. The van der Waals surface area contributed by atoms with Gasteiger partial charge in [0.1, 0.15) is 5.82 Å². The molecule has 0 atom stereocenters. The van der Waals surface area contributed by atoms with E-state index in [1.54, 1.807) is 6.07 Å². The fraction of sp³-hybridized carbons (Fsp3) is 0.235. The van der Waals surface area contributed by atoms with E-state index in [1.807, 2.05) is 26.8 Å². The number of benzene rings is 2. The molecule has 0 radical (unpaired) electrons. The van der Waals surface area contributed by atoms with E-state index in [0.29, 0.717) is 10.8 Å². The van der Waals surface area contributed by atoms with Gasteiger partial charge in [-0.3, -0.25) is 0 Å². The zero-order valence-corrected chi connectivity index (χ0v) is 13.5. The zero-order chi connectivity index (χ0) is 15.6. The van der Waals surface area contributed by atoms with Crippen LogP contribution in [-0.4, -0.2) is 5.11 Å². The molecule has 2 nitrogen and oxygen atoms in total. The number of hydrogen-bond donors (Lipinski definition) is 2. The van der Waals surface area contributed by atoms with Crippen molar-refractivity contribution >= 4 is 28.7 Å². The van der Waals surface area contributed by atoms with E-state index in [2.05, 4.69) is 29.7 Å². The molecule has 0 aliphatic heterocycles. The monoisotopic (exact) mass is 302 g/mol. The molecule has 2 N–H and O–H groups in total. The van der Waals surface area contributed by atoms with Crippen LogP contribution in [0.15, 0.2) is 30.3 Å². The van der Waals surface area contributed by atoms with Gasteiger partial charge in [0, 0.05) is 5.69 Å². The molecule has 4 heteroatoms. The molecule has 0 unspecified atom stereocenters. The summed E-state index contributed by atoms with van der Waals surface area (Å²) in [6.07, 6.45) is 0. The average Bonchev–Trinajstić information content (AvgIpc) is 2.37. The molecule has 0 aliphatic carbocycles. The lowest BCUT2D eigenvalue weighted by Crippen LogP contribution is -2.21. The van der Waals surface area contributed by atoms with Crippen LogP contribution < -0.4 is 10.6 Å². The molecule has 0 aliphatic rings.